The Morgan fingerprint density at radius 1 is 1.00 bits per heavy atom. The summed E-state index contributed by atoms with van der Waals surface area (Å²) in [5.74, 6) is -1.67. The Balaban J connectivity index is 2.00. The number of para-hydroxylation sites is 1. The van der Waals surface area contributed by atoms with E-state index in [1.54, 1.807) is 26.0 Å². The van der Waals surface area contributed by atoms with Crippen molar-refractivity contribution in [3.8, 4) is 5.75 Å². The van der Waals surface area contributed by atoms with Gasteiger partial charge in [0.1, 0.15) is 11.3 Å². The maximum atomic E-state index is 12.2. The molecular weight excluding hydrogens is 384 g/mol. The molecule has 2 aromatic rings. The van der Waals surface area contributed by atoms with Gasteiger partial charge < -0.3 is 15.2 Å². The number of phenols is 1. The summed E-state index contributed by atoms with van der Waals surface area (Å²) in [7, 11) is -3.63. The number of carbonyl (C=O) groups excluding carboxylic acids is 2. The third-order valence-corrected chi connectivity index (χ3v) is 5.27. The quantitative estimate of drug-likeness (QED) is 0.607. The smallest absolute Gasteiger partial charge is 0.342 e. The molecule has 2 aromatic carbocycles. The van der Waals surface area contributed by atoms with Crippen molar-refractivity contribution in [3.63, 3.8) is 0 Å². The Hall–Kier alpha value is -2.91. The van der Waals surface area contributed by atoms with E-state index in [4.69, 9.17) is 4.74 Å². The van der Waals surface area contributed by atoms with Crippen LogP contribution in [-0.2, 0) is 19.6 Å². The van der Waals surface area contributed by atoms with E-state index in [1.165, 1.54) is 43.3 Å². The molecule has 0 saturated heterocycles. The predicted octanol–water partition coefficient (Wildman–Crippen LogP) is 2.26. The van der Waals surface area contributed by atoms with Crippen molar-refractivity contribution >= 4 is 27.6 Å². The number of benzene rings is 2. The van der Waals surface area contributed by atoms with Crippen molar-refractivity contribution in [3.05, 3.63) is 54.1 Å². The monoisotopic (exact) mass is 406 g/mol. The number of aromatic hydroxyl groups is 1. The molecule has 2 rings (SSSR count). The third-order valence-electron chi connectivity index (χ3n) is 3.60. The third kappa shape index (κ3) is 5.54. The summed E-state index contributed by atoms with van der Waals surface area (Å²) in [5.41, 5.74) is 0.299. The molecular formula is C19H22N2O6S. The molecule has 0 aliphatic rings. The zero-order valence-electron chi connectivity index (χ0n) is 15.7. The number of anilines is 1. The molecule has 0 saturated carbocycles. The van der Waals surface area contributed by atoms with Crippen LogP contribution in [0.3, 0.4) is 0 Å². The van der Waals surface area contributed by atoms with Crippen LogP contribution in [0.15, 0.2) is 53.4 Å². The van der Waals surface area contributed by atoms with Gasteiger partial charge in [-0.15, -0.1) is 0 Å². The molecule has 0 aliphatic carbocycles. The number of sulfonamides is 1. The largest absolute Gasteiger partial charge is 0.507 e. The Labute approximate surface area is 163 Å². The van der Waals surface area contributed by atoms with E-state index < -0.39 is 28.0 Å². The Morgan fingerprint density at radius 2 is 1.61 bits per heavy atom. The zero-order chi connectivity index (χ0) is 20.9. The number of hydrogen-bond acceptors (Lipinski definition) is 6. The van der Waals surface area contributed by atoms with Gasteiger partial charge in [-0.05, 0) is 57.2 Å². The molecule has 0 unspecified atom stereocenters. The van der Waals surface area contributed by atoms with Crippen LogP contribution < -0.4 is 10.0 Å². The van der Waals surface area contributed by atoms with E-state index in [9.17, 15) is 23.1 Å². The zero-order valence-corrected chi connectivity index (χ0v) is 16.5. The lowest BCUT2D eigenvalue weighted by Gasteiger charge is -2.14. The highest BCUT2D eigenvalue weighted by Gasteiger charge is 2.21. The van der Waals surface area contributed by atoms with Crippen LogP contribution in [0.2, 0.25) is 0 Å². The average molecular weight is 406 g/mol. The van der Waals surface area contributed by atoms with Crippen LogP contribution in [0.1, 0.15) is 31.1 Å². The van der Waals surface area contributed by atoms with Gasteiger partial charge >= 0.3 is 5.97 Å². The van der Waals surface area contributed by atoms with E-state index in [1.807, 2.05) is 0 Å². The molecule has 3 N–H and O–H groups in total. The van der Waals surface area contributed by atoms with Crippen molar-refractivity contribution in [2.24, 2.45) is 0 Å². The molecule has 0 aliphatic heterocycles. The van der Waals surface area contributed by atoms with Gasteiger partial charge in [-0.1, -0.05) is 12.1 Å². The number of hydrogen-bond donors (Lipinski definition) is 3. The van der Waals surface area contributed by atoms with Gasteiger partial charge in [0.05, 0.1) is 4.90 Å². The topological polar surface area (TPSA) is 122 Å². The van der Waals surface area contributed by atoms with E-state index in [0.717, 1.165) is 0 Å². The summed E-state index contributed by atoms with van der Waals surface area (Å²) in [5, 5.41) is 12.2. The average Bonchev–Trinajstić information content (AvgIpc) is 2.61. The van der Waals surface area contributed by atoms with Gasteiger partial charge in [0.15, 0.2) is 6.10 Å². The maximum absolute atomic E-state index is 12.2. The molecule has 8 nitrogen and oxygen atoms in total. The minimum Gasteiger partial charge on any atom is -0.507 e. The molecule has 1 atom stereocenters. The van der Waals surface area contributed by atoms with E-state index in [0.29, 0.717) is 5.69 Å². The van der Waals surface area contributed by atoms with E-state index in [2.05, 4.69) is 10.0 Å². The molecule has 0 spiro atoms. The first-order chi connectivity index (χ1) is 13.1. The van der Waals surface area contributed by atoms with Gasteiger partial charge in [-0.2, -0.15) is 0 Å². The second-order valence-corrected chi connectivity index (χ2v) is 8.07. The fraction of sp³-hybridized carbons (Fsp3) is 0.263. The number of carbonyl (C=O) groups is 2. The predicted molar refractivity (Wildman–Crippen MR) is 104 cm³/mol. The van der Waals surface area contributed by atoms with Crippen LogP contribution in [0, 0.1) is 0 Å². The van der Waals surface area contributed by atoms with Crippen LogP contribution in [-0.4, -0.2) is 37.5 Å². The number of esters is 1. The second-order valence-electron chi connectivity index (χ2n) is 6.35. The van der Waals surface area contributed by atoms with Crippen LogP contribution in [0.4, 0.5) is 5.69 Å². The number of ether oxygens (including phenoxy) is 1. The summed E-state index contributed by atoms with van der Waals surface area (Å²) >= 11 is 0. The first-order valence-electron chi connectivity index (χ1n) is 8.52. The molecule has 150 valence electrons. The Bertz CT molecular complexity index is 955. The van der Waals surface area contributed by atoms with Gasteiger partial charge in [-0.25, -0.2) is 17.9 Å². The summed E-state index contributed by atoms with van der Waals surface area (Å²) < 4.78 is 31.7. The summed E-state index contributed by atoms with van der Waals surface area (Å²) in [6.07, 6.45) is -1.13. The standard InChI is InChI=1S/C19H22N2O6S/c1-12(2)21-28(25,26)15-10-8-14(9-11-15)20-18(23)13(3)27-19(24)16-6-4-5-7-17(16)22/h4-13,21-22H,1-3H3,(H,20,23)/t13-/m0/s1. The van der Waals surface area contributed by atoms with Crippen molar-refractivity contribution < 1.29 is 27.9 Å². The van der Waals surface area contributed by atoms with Crippen molar-refractivity contribution in [1.82, 2.24) is 4.72 Å². The number of amides is 1. The van der Waals surface area contributed by atoms with Crippen LogP contribution >= 0.6 is 0 Å². The first kappa shape index (κ1) is 21.4. The molecule has 28 heavy (non-hydrogen) atoms. The van der Waals surface area contributed by atoms with Gasteiger partial charge in [0.25, 0.3) is 5.91 Å². The van der Waals surface area contributed by atoms with Crippen molar-refractivity contribution in [2.45, 2.75) is 37.8 Å². The highest BCUT2D eigenvalue weighted by Crippen LogP contribution is 2.18. The Morgan fingerprint density at radius 3 is 2.18 bits per heavy atom. The van der Waals surface area contributed by atoms with Gasteiger partial charge in [0.2, 0.25) is 10.0 Å². The SMILES string of the molecule is CC(C)NS(=O)(=O)c1ccc(NC(=O)[C@H](C)OC(=O)c2ccccc2O)cc1. The number of nitrogens with one attached hydrogen (secondary N) is 2. The van der Waals surface area contributed by atoms with Gasteiger partial charge in [-0.3, -0.25) is 4.79 Å². The summed E-state index contributed by atoms with van der Waals surface area (Å²) in [4.78, 5) is 24.3. The maximum Gasteiger partial charge on any atom is 0.342 e. The lowest BCUT2D eigenvalue weighted by molar-refractivity contribution is -0.123. The lowest BCUT2D eigenvalue weighted by Crippen LogP contribution is -2.30. The highest BCUT2D eigenvalue weighted by atomic mass is 32.2. The van der Waals surface area contributed by atoms with E-state index in [-0.39, 0.29) is 22.3 Å². The molecule has 1 amide bonds. The normalized spacial score (nSPS) is 12.4. The van der Waals surface area contributed by atoms with Crippen molar-refractivity contribution in [1.29, 1.82) is 0 Å². The van der Waals surface area contributed by atoms with Crippen LogP contribution in [0.25, 0.3) is 0 Å². The second kappa shape index (κ2) is 8.85. The minimum absolute atomic E-state index is 0.0469. The fourth-order valence-electron chi connectivity index (χ4n) is 2.26. The number of phenolic OH excluding ortho intramolecular Hbond substituents is 1. The lowest BCUT2D eigenvalue weighted by atomic mass is 10.2. The molecule has 0 bridgehead atoms. The Kier molecular flexibility index (Phi) is 6.76. The van der Waals surface area contributed by atoms with Crippen molar-refractivity contribution in [2.75, 3.05) is 5.32 Å². The summed E-state index contributed by atoms with van der Waals surface area (Å²) in [6.45, 7) is 4.81. The molecule has 9 heteroatoms. The first-order valence-corrected chi connectivity index (χ1v) is 10.0. The molecule has 0 fully saturated rings. The fourth-order valence-corrected chi connectivity index (χ4v) is 3.51. The number of rotatable bonds is 7. The van der Waals surface area contributed by atoms with E-state index >= 15 is 0 Å². The molecule has 0 heterocycles. The summed E-state index contributed by atoms with van der Waals surface area (Å²) in [6, 6.07) is 11.2. The molecule has 0 aromatic heterocycles. The highest BCUT2D eigenvalue weighted by molar-refractivity contribution is 7.89. The van der Waals surface area contributed by atoms with Crippen LogP contribution in [0.5, 0.6) is 5.75 Å². The molecule has 0 radical (unpaired) electrons. The van der Waals surface area contributed by atoms with Gasteiger partial charge in [0, 0.05) is 11.7 Å². The minimum atomic E-state index is -3.63.